The lowest BCUT2D eigenvalue weighted by molar-refractivity contribution is -0.138. The van der Waals surface area contributed by atoms with Gasteiger partial charge in [-0.3, -0.25) is 0 Å². The molecule has 1 aromatic rings. The van der Waals surface area contributed by atoms with Crippen LogP contribution in [0.3, 0.4) is 0 Å². The van der Waals surface area contributed by atoms with Gasteiger partial charge in [-0.1, -0.05) is 19.1 Å². The van der Waals surface area contributed by atoms with E-state index in [1.165, 1.54) is 14.2 Å². The molecule has 142 valence electrons. The molecule has 1 atom stereocenters. The van der Waals surface area contributed by atoms with Crippen LogP contribution in [0.4, 0.5) is 4.79 Å². The number of urea groups is 1. The molecule has 8 heteroatoms. The predicted molar refractivity (Wildman–Crippen MR) is 101 cm³/mol. The molecule has 2 rings (SSSR count). The fraction of sp³-hybridized carbons (Fsp3) is 0.444. The normalized spacial score (nSPS) is 16.6. The lowest BCUT2D eigenvalue weighted by Gasteiger charge is -2.29. The molecule has 0 saturated heterocycles. The first kappa shape index (κ1) is 20.0. The molecule has 0 saturated carbocycles. The summed E-state index contributed by atoms with van der Waals surface area (Å²) in [7, 11) is 3.05. The predicted octanol–water partition coefficient (Wildman–Crippen LogP) is 2.63. The first-order valence-electron chi connectivity index (χ1n) is 8.27. The number of methoxy groups -OCH3 is 2. The molecule has 0 spiro atoms. The molecule has 0 fully saturated rings. The summed E-state index contributed by atoms with van der Waals surface area (Å²) in [5.74, 6) is 2.19. The van der Waals surface area contributed by atoms with Crippen LogP contribution in [0, 0.1) is 0 Å². The molecule has 0 radical (unpaired) electrons. The van der Waals surface area contributed by atoms with Gasteiger partial charge in [-0.15, -0.1) is 0 Å². The van der Waals surface area contributed by atoms with Gasteiger partial charge in [0.1, 0.15) is 6.61 Å². The molecule has 1 aliphatic heterocycles. The van der Waals surface area contributed by atoms with E-state index in [1.54, 1.807) is 36.9 Å². The number of hydrogen-bond donors (Lipinski definition) is 2. The highest BCUT2D eigenvalue weighted by Crippen LogP contribution is 2.38. The number of carbonyl (C=O) groups is 2. The van der Waals surface area contributed by atoms with E-state index in [0.29, 0.717) is 34.9 Å². The third-order valence-corrected chi connectivity index (χ3v) is 4.76. The third kappa shape index (κ3) is 4.43. The Morgan fingerprint density at radius 2 is 2.04 bits per heavy atom. The van der Waals surface area contributed by atoms with Crippen molar-refractivity contribution in [3.8, 4) is 11.5 Å². The van der Waals surface area contributed by atoms with Gasteiger partial charge in [-0.2, -0.15) is 11.8 Å². The third-order valence-electron chi connectivity index (χ3n) is 3.90. The number of ether oxygens (including phenoxy) is 3. The molecule has 0 aromatic heterocycles. The first-order chi connectivity index (χ1) is 12.5. The average molecular weight is 380 g/mol. The molecule has 1 heterocycles. The monoisotopic (exact) mass is 380 g/mol. The Bertz CT molecular complexity index is 705. The number of thioether (sulfide) groups is 1. The minimum Gasteiger partial charge on any atom is -0.493 e. The zero-order chi connectivity index (χ0) is 19.1. The van der Waals surface area contributed by atoms with Gasteiger partial charge in [0.15, 0.2) is 11.5 Å². The number of hydrogen-bond acceptors (Lipinski definition) is 6. The maximum absolute atomic E-state index is 12.7. The quantitative estimate of drug-likeness (QED) is 0.533. The fourth-order valence-corrected chi connectivity index (χ4v) is 3.24. The van der Waals surface area contributed by atoms with E-state index in [1.807, 2.05) is 6.92 Å². The van der Waals surface area contributed by atoms with Crippen LogP contribution in [-0.2, 0) is 9.53 Å². The van der Waals surface area contributed by atoms with E-state index in [-0.39, 0.29) is 0 Å². The van der Waals surface area contributed by atoms with Gasteiger partial charge in [0.05, 0.1) is 25.8 Å². The molecule has 2 amide bonds. The van der Waals surface area contributed by atoms with Crippen LogP contribution >= 0.6 is 11.8 Å². The van der Waals surface area contributed by atoms with Crippen molar-refractivity contribution in [2.75, 3.05) is 32.3 Å². The summed E-state index contributed by atoms with van der Waals surface area (Å²) in [5, 5.41) is 5.40. The molecule has 26 heavy (non-hydrogen) atoms. The zero-order valence-electron chi connectivity index (χ0n) is 15.4. The Morgan fingerprint density at radius 1 is 1.27 bits per heavy atom. The Hall–Kier alpha value is -2.35. The van der Waals surface area contributed by atoms with Crippen molar-refractivity contribution in [1.82, 2.24) is 10.6 Å². The summed E-state index contributed by atoms with van der Waals surface area (Å²) in [4.78, 5) is 24.7. The van der Waals surface area contributed by atoms with E-state index in [9.17, 15) is 9.59 Å². The smallest absolute Gasteiger partial charge is 0.338 e. The van der Waals surface area contributed by atoms with Crippen molar-refractivity contribution in [1.29, 1.82) is 0 Å². The number of benzene rings is 1. The average Bonchev–Trinajstić information content (AvgIpc) is 2.63. The van der Waals surface area contributed by atoms with Crippen LogP contribution in [0.25, 0.3) is 0 Å². The van der Waals surface area contributed by atoms with Crippen molar-refractivity contribution >= 4 is 23.8 Å². The summed E-state index contributed by atoms with van der Waals surface area (Å²) in [6.07, 6.45) is 0. The van der Waals surface area contributed by atoms with Crippen molar-refractivity contribution in [3.63, 3.8) is 0 Å². The van der Waals surface area contributed by atoms with Gasteiger partial charge in [-0.25, -0.2) is 9.59 Å². The number of carbonyl (C=O) groups excluding carboxylic acids is 2. The second-order valence-electron chi connectivity index (χ2n) is 5.49. The van der Waals surface area contributed by atoms with Crippen LogP contribution in [0.5, 0.6) is 11.5 Å². The van der Waals surface area contributed by atoms with Gasteiger partial charge >= 0.3 is 12.0 Å². The molecule has 0 aliphatic carbocycles. The van der Waals surface area contributed by atoms with Crippen molar-refractivity contribution in [2.45, 2.75) is 19.9 Å². The summed E-state index contributed by atoms with van der Waals surface area (Å²) < 4.78 is 16.2. The highest BCUT2D eigenvalue weighted by molar-refractivity contribution is 7.99. The first-order valence-corrected chi connectivity index (χ1v) is 9.42. The van der Waals surface area contributed by atoms with Crippen LogP contribution in [0.15, 0.2) is 29.5 Å². The topological polar surface area (TPSA) is 85.9 Å². The molecular weight excluding hydrogens is 356 g/mol. The lowest BCUT2D eigenvalue weighted by Crippen LogP contribution is -2.45. The number of nitrogens with one attached hydrogen (secondary N) is 2. The summed E-state index contributed by atoms with van der Waals surface area (Å²) >= 11 is 1.69. The molecule has 0 bridgehead atoms. The number of para-hydroxylation sites is 1. The number of amides is 2. The van der Waals surface area contributed by atoms with E-state index in [2.05, 4.69) is 10.6 Å². The maximum Gasteiger partial charge on any atom is 0.338 e. The summed E-state index contributed by atoms with van der Waals surface area (Å²) in [5.41, 5.74) is 1.42. The van der Waals surface area contributed by atoms with Crippen LogP contribution < -0.4 is 20.1 Å². The van der Waals surface area contributed by atoms with Gasteiger partial charge < -0.3 is 24.8 Å². The van der Waals surface area contributed by atoms with Crippen LogP contribution in [-0.4, -0.2) is 44.3 Å². The highest BCUT2D eigenvalue weighted by atomic mass is 32.2. The number of allylic oxidation sites excluding steroid dienone is 1. The minimum atomic E-state index is -0.694. The Labute approximate surface area is 157 Å². The van der Waals surface area contributed by atoms with Crippen LogP contribution in [0.1, 0.15) is 25.5 Å². The minimum absolute atomic E-state index is 0.310. The lowest BCUT2D eigenvalue weighted by atomic mass is 9.94. The van der Waals surface area contributed by atoms with Gasteiger partial charge in [-0.05, 0) is 18.7 Å². The standard InChI is InChI=1S/C18H24N2O5S/c1-5-26-10-9-25-17(21)14-11(2)19-18(22)20-15(14)12-7-6-8-13(23-3)16(12)24-4/h6-8,15H,5,9-10H2,1-4H3,(H2,19,20,22)/t15-/m1/s1. The van der Waals surface area contributed by atoms with Gasteiger partial charge in [0, 0.05) is 17.0 Å². The Balaban J connectivity index is 2.37. The Morgan fingerprint density at radius 3 is 2.69 bits per heavy atom. The molecule has 1 aliphatic rings. The van der Waals surface area contributed by atoms with E-state index in [4.69, 9.17) is 14.2 Å². The highest BCUT2D eigenvalue weighted by Gasteiger charge is 2.34. The van der Waals surface area contributed by atoms with E-state index < -0.39 is 18.0 Å². The summed E-state index contributed by atoms with van der Waals surface area (Å²) in [6, 6.07) is 4.23. The van der Waals surface area contributed by atoms with Gasteiger partial charge in [0.2, 0.25) is 0 Å². The second-order valence-corrected chi connectivity index (χ2v) is 6.88. The number of rotatable bonds is 8. The largest absolute Gasteiger partial charge is 0.493 e. The zero-order valence-corrected chi connectivity index (χ0v) is 16.2. The second kappa shape index (κ2) is 9.38. The Kier molecular flexibility index (Phi) is 7.20. The molecule has 2 N–H and O–H groups in total. The number of esters is 1. The summed E-state index contributed by atoms with van der Waals surface area (Å²) in [6.45, 7) is 4.03. The van der Waals surface area contributed by atoms with E-state index in [0.717, 1.165) is 11.5 Å². The van der Waals surface area contributed by atoms with Crippen molar-refractivity contribution in [3.05, 3.63) is 35.0 Å². The van der Waals surface area contributed by atoms with Crippen molar-refractivity contribution in [2.24, 2.45) is 0 Å². The fourth-order valence-electron chi connectivity index (χ4n) is 2.75. The van der Waals surface area contributed by atoms with Gasteiger partial charge in [0.25, 0.3) is 0 Å². The maximum atomic E-state index is 12.7. The molecular formula is C18H24N2O5S. The van der Waals surface area contributed by atoms with Crippen molar-refractivity contribution < 1.29 is 23.8 Å². The van der Waals surface area contributed by atoms with Crippen LogP contribution in [0.2, 0.25) is 0 Å². The molecule has 0 unspecified atom stereocenters. The SMILES string of the molecule is CCSCCOC(=O)C1=C(C)NC(=O)N[C@@H]1c1cccc(OC)c1OC. The van der Waals surface area contributed by atoms with E-state index >= 15 is 0 Å². The molecule has 7 nitrogen and oxygen atoms in total. The molecule has 1 aromatic carbocycles.